The van der Waals surface area contributed by atoms with E-state index in [0.29, 0.717) is 5.92 Å². The number of methoxy groups -OCH3 is 1. The zero-order valence-corrected chi connectivity index (χ0v) is 8.21. The van der Waals surface area contributed by atoms with Crippen LogP contribution in [0.15, 0.2) is 0 Å². The molecule has 1 aliphatic heterocycles. The van der Waals surface area contributed by atoms with Gasteiger partial charge in [0, 0.05) is 0 Å². The fraction of sp³-hybridized carbons (Fsp3) is 0.900. The van der Waals surface area contributed by atoms with Gasteiger partial charge in [-0.05, 0) is 18.8 Å². The van der Waals surface area contributed by atoms with Gasteiger partial charge < -0.3 is 9.47 Å². The third kappa shape index (κ3) is 1.26. The van der Waals surface area contributed by atoms with Crippen LogP contribution >= 0.6 is 0 Å². The van der Waals surface area contributed by atoms with Crippen LogP contribution in [0.3, 0.4) is 0 Å². The molecule has 1 spiro atoms. The molecule has 3 nitrogen and oxygen atoms in total. The van der Waals surface area contributed by atoms with Gasteiger partial charge in [-0.15, -0.1) is 0 Å². The van der Waals surface area contributed by atoms with E-state index in [-0.39, 0.29) is 17.7 Å². The lowest BCUT2D eigenvalue weighted by Gasteiger charge is -2.25. The Balaban J connectivity index is 2.03. The highest BCUT2D eigenvalue weighted by atomic mass is 16.7. The quantitative estimate of drug-likeness (QED) is 0.458. The molecule has 0 amide bonds. The number of esters is 1. The maximum Gasteiger partial charge on any atom is 0.338 e. The summed E-state index contributed by atoms with van der Waals surface area (Å²) in [5.41, 5.74) is -0.147. The van der Waals surface area contributed by atoms with Crippen LogP contribution in [-0.4, -0.2) is 24.8 Å². The molecule has 0 N–H and O–H groups in total. The first-order valence-corrected chi connectivity index (χ1v) is 4.96. The third-order valence-corrected chi connectivity index (χ3v) is 3.43. The molecule has 1 saturated heterocycles. The van der Waals surface area contributed by atoms with Gasteiger partial charge in [0.25, 0.3) is 0 Å². The Morgan fingerprint density at radius 2 is 2.31 bits per heavy atom. The molecule has 0 bridgehead atoms. The van der Waals surface area contributed by atoms with E-state index < -0.39 is 0 Å². The average molecular weight is 184 g/mol. The lowest BCUT2D eigenvalue weighted by molar-refractivity contribution is -0.142. The van der Waals surface area contributed by atoms with Crippen molar-refractivity contribution in [3.8, 4) is 0 Å². The molecule has 0 aromatic rings. The van der Waals surface area contributed by atoms with Crippen LogP contribution in [-0.2, 0) is 14.3 Å². The summed E-state index contributed by atoms with van der Waals surface area (Å²) in [5, 5.41) is 0. The summed E-state index contributed by atoms with van der Waals surface area (Å²) in [6, 6.07) is 0. The second kappa shape index (κ2) is 2.98. The SMILES string of the molecule is COC(=O)C1OC12CCCCC2C. The van der Waals surface area contributed by atoms with Crippen molar-refractivity contribution in [1.29, 1.82) is 0 Å². The first-order chi connectivity index (χ1) is 6.20. The molecule has 0 aromatic heterocycles. The summed E-state index contributed by atoms with van der Waals surface area (Å²) in [5.74, 6) is 0.305. The van der Waals surface area contributed by atoms with Crippen molar-refractivity contribution in [2.24, 2.45) is 5.92 Å². The second-order valence-electron chi connectivity index (χ2n) is 4.12. The summed E-state index contributed by atoms with van der Waals surface area (Å²) >= 11 is 0. The molecule has 3 atom stereocenters. The zero-order chi connectivity index (χ0) is 9.47. The number of hydrogen-bond donors (Lipinski definition) is 0. The molecule has 1 aliphatic carbocycles. The average Bonchev–Trinajstić information content (AvgIpc) is 2.85. The summed E-state index contributed by atoms with van der Waals surface area (Å²) in [6.45, 7) is 2.17. The van der Waals surface area contributed by atoms with Crippen LogP contribution in [0.5, 0.6) is 0 Å². The van der Waals surface area contributed by atoms with Gasteiger partial charge in [-0.2, -0.15) is 0 Å². The summed E-state index contributed by atoms with van der Waals surface area (Å²) < 4.78 is 10.2. The van der Waals surface area contributed by atoms with Crippen molar-refractivity contribution >= 4 is 5.97 Å². The fourth-order valence-corrected chi connectivity index (χ4v) is 2.45. The summed E-state index contributed by atoms with van der Waals surface area (Å²) in [4.78, 5) is 11.2. The first-order valence-electron chi connectivity index (χ1n) is 4.96. The van der Waals surface area contributed by atoms with Crippen molar-refractivity contribution in [3.05, 3.63) is 0 Å². The van der Waals surface area contributed by atoms with Crippen LogP contribution < -0.4 is 0 Å². The predicted molar refractivity (Wildman–Crippen MR) is 47.3 cm³/mol. The van der Waals surface area contributed by atoms with Gasteiger partial charge in [-0.25, -0.2) is 4.79 Å². The molecular formula is C10H16O3. The van der Waals surface area contributed by atoms with E-state index in [1.165, 1.54) is 26.4 Å². The number of hydrogen-bond acceptors (Lipinski definition) is 3. The van der Waals surface area contributed by atoms with Crippen LogP contribution in [0.25, 0.3) is 0 Å². The van der Waals surface area contributed by atoms with Crippen molar-refractivity contribution in [2.75, 3.05) is 7.11 Å². The molecule has 3 unspecified atom stereocenters. The molecule has 0 radical (unpaired) electrons. The normalized spacial score (nSPS) is 43.2. The van der Waals surface area contributed by atoms with E-state index in [9.17, 15) is 4.79 Å². The molecular weight excluding hydrogens is 168 g/mol. The lowest BCUT2D eigenvalue weighted by Crippen LogP contribution is -2.31. The van der Waals surface area contributed by atoms with Crippen molar-refractivity contribution < 1.29 is 14.3 Å². The Morgan fingerprint density at radius 3 is 2.92 bits per heavy atom. The van der Waals surface area contributed by atoms with Gasteiger partial charge in [0.2, 0.25) is 0 Å². The van der Waals surface area contributed by atoms with E-state index in [0.717, 1.165) is 6.42 Å². The second-order valence-corrected chi connectivity index (χ2v) is 4.12. The van der Waals surface area contributed by atoms with Crippen LogP contribution in [0.2, 0.25) is 0 Å². The number of rotatable bonds is 1. The van der Waals surface area contributed by atoms with E-state index in [1.807, 2.05) is 0 Å². The largest absolute Gasteiger partial charge is 0.467 e. The van der Waals surface area contributed by atoms with Gasteiger partial charge in [-0.3, -0.25) is 0 Å². The highest BCUT2D eigenvalue weighted by molar-refractivity contribution is 5.79. The monoisotopic (exact) mass is 184 g/mol. The minimum atomic E-state index is -0.271. The number of carbonyl (C=O) groups excluding carboxylic acids is 1. The van der Waals surface area contributed by atoms with E-state index in [1.54, 1.807) is 0 Å². The van der Waals surface area contributed by atoms with Crippen molar-refractivity contribution in [2.45, 2.75) is 44.3 Å². The Bertz CT molecular complexity index is 226. The highest BCUT2D eigenvalue weighted by Crippen LogP contribution is 2.51. The van der Waals surface area contributed by atoms with Gasteiger partial charge >= 0.3 is 5.97 Å². The maximum atomic E-state index is 11.2. The third-order valence-electron chi connectivity index (χ3n) is 3.43. The Labute approximate surface area is 78.4 Å². The van der Waals surface area contributed by atoms with E-state index in [4.69, 9.17) is 4.74 Å². The van der Waals surface area contributed by atoms with Crippen LogP contribution in [0.1, 0.15) is 32.6 Å². The van der Waals surface area contributed by atoms with Gasteiger partial charge in [0.15, 0.2) is 6.10 Å². The van der Waals surface area contributed by atoms with Gasteiger partial charge in [-0.1, -0.05) is 19.8 Å². The Kier molecular flexibility index (Phi) is 2.06. The fourth-order valence-electron chi connectivity index (χ4n) is 2.45. The molecule has 2 aliphatic rings. The molecule has 1 heterocycles. The topological polar surface area (TPSA) is 38.8 Å². The molecule has 2 rings (SSSR count). The minimum Gasteiger partial charge on any atom is -0.467 e. The smallest absolute Gasteiger partial charge is 0.338 e. The van der Waals surface area contributed by atoms with E-state index >= 15 is 0 Å². The highest BCUT2D eigenvalue weighted by Gasteiger charge is 2.64. The molecule has 2 fully saturated rings. The molecule has 3 heteroatoms. The summed E-state index contributed by atoms with van der Waals surface area (Å²) in [6.07, 6.45) is 4.37. The molecule has 13 heavy (non-hydrogen) atoms. The molecule has 1 saturated carbocycles. The van der Waals surface area contributed by atoms with E-state index in [2.05, 4.69) is 11.7 Å². The Morgan fingerprint density at radius 1 is 1.54 bits per heavy atom. The first kappa shape index (κ1) is 9.00. The zero-order valence-electron chi connectivity index (χ0n) is 8.21. The van der Waals surface area contributed by atoms with Gasteiger partial charge in [0.1, 0.15) is 5.60 Å². The van der Waals surface area contributed by atoms with Crippen LogP contribution in [0.4, 0.5) is 0 Å². The minimum absolute atomic E-state index is 0.147. The lowest BCUT2D eigenvalue weighted by atomic mass is 9.78. The van der Waals surface area contributed by atoms with Gasteiger partial charge in [0.05, 0.1) is 7.11 Å². The summed E-state index contributed by atoms with van der Waals surface area (Å²) in [7, 11) is 1.42. The standard InChI is InChI=1S/C10H16O3/c1-7-5-3-4-6-10(7)8(13-10)9(11)12-2/h7-8H,3-6H2,1-2H3. The molecule has 0 aromatic carbocycles. The number of carbonyl (C=O) groups is 1. The van der Waals surface area contributed by atoms with Crippen molar-refractivity contribution in [1.82, 2.24) is 0 Å². The predicted octanol–water partition coefficient (Wildman–Crippen LogP) is 1.51. The molecule has 74 valence electrons. The number of ether oxygens (including phenoxy) is 2. The maximum absolute atomic E-state index is 11.2. The van der Waals surface area contributed by atoms with Crippen molar-refractivity contribution in [3.63, 3.8) is 0 Å². The number of epoxide rings is 1. The van der Waals surface area contributed by atoms with Crippen LogP contribution in [0, 0.1) is 5.92 Å². The Hall–Kier alpha value is -0.570.